The Bertz CT molecular complexity index is 525. The Morgan fingerprint density at radius 1 is 1.33 bits per heavy atom. The van der Waals surface area contributed by atoms with Gasteiger partial charge in [0, 0.05) is 6.54 Å². The molecule has 0 bridgehead atoms. The summed E-state index contributed by atoms with van der Waals surface area (Å²) in [5, 5.41) is 3.02. The average Bonchev–Trinajstić information content (AvgIpc) is 2.56. The third-order valence-corrected chi connectivity index (χ3v) is 4.64. The Kier molecular flexibility index (Phi) is 7.06. The normalized spacial score (nSPS) is 17.7. The lowest BCUT2D eigenvalue weighted by molar-refractivity contribution is -0.121. The van der Waals surface area contributed by atoms with Gasteiger partial charge in [0.2, 0.25) is 5.91 Å². The van der Waals surface area contributed by atoms with Crippen LogP contribution in [0, 0.1) is 5.92 Å². The van der Waals surface area contributed by atoms with E-state index in [-0.39, 0.29) is 11.9 Å². The molecule has 134 valence electrons. The van der Waals surface area contributed by atoms with Crippen molar-refractivity contribution in [3.8, 4) is 5.75 Å². The van der Waals surface area contributed by atoms with Gasteiger partial charge >= 0.3 is 0 Å². The van der Waals surface area contributed by atoms with Gasteiger partial charge in [-0.25, -0.2) is 0 Å². The van der Waals surface area contributed by atoms with E-state index in [1.165, 1.54) is 0 Å². The number of para-hydroxylation sites is 2. The molecule has 5 heteroatoms. The van der Waals surface area contributed by atoms with Gasteiger partial charge in [0.05, 0.1) is 18.3 Å². The predicted octanol–water partition coefficient (Wildman–Crippen LogP) is 2.69. The minimum atomic E-state index is -0.125. The zero-order chi connectivity index (χ0) is 17.5. The molecule has 1 aliphatic rings. The molecule has 0 saturated carbocycles. The number of nitrogens with one attached hydrogen (secondary N) is 1. The highest BCUT2D eigenvalue weighted by molar-refractivity contribution is 5.95. The largest absolute Gasteiger partial charge is 0.492 e. The highest BCUT2D eigenvalue weighted by atomic mass is 16.5. The van der Waals surface area contributed by atoms with Crippen molar-refractivity contribution in [1.82, 2.24) is 9.80 Å². The molecular formula is C19H31N3O2. The molecule has 2 rings (SSSR count). The zero-order valence-corrected chi connectivity index (χ0v) is 15.4. The van der Waals surface area contributed by atoms with Crippen LogP contribution in [-0.4, -0.2) is 62.1 Å². The molecule has 24 heavy (non-hydrogen) atoms. The second-order valence-electron chi connectivity index (χ2n) is 6.84. The monoisotopic (exact) mass is 333 g/mol. The average molecular weight is 333 g/mol. The van der Waals surface area contributed by atoms with Crippen LogP contribution in [0.5, 0.6) is 5.75 Å². The highest BCUT2D eigenvalue weighted by Gasteiger charge is 2.27. The SMILES string of the molecule is CCOc1ccccc1NC(=O)[C@H](C)N1CCC(CN(C)C)CC1. The molecule has 0 aliphatic carbocycles. The number of anilines is 1. The van der Waals surface area contributed by atoms with Crippen LogP contribution in [0.15, 0.2) is 24.3 Å². The van der Waals surface area contributed by atoms with Crippen LogP contribution in [0.1, 0.15) is 26.7 Å². The number of carbonyl (C=O) groups excluding carboxylic acids is 1. The molecule has 1 heterocycles. The number of likely N-dealkylation sites (tertiary alicyclic amines) is 1. The molecule has 1 aromatic rings. The molecule has 1 fully saturated rings. The van der Waals surface area contributed by atoms with Crippen molar-refractivity contribution in [2.24, 2.45) is 5.92 Å². The molecule has 1 aromatic carbocycles. The Labute approximate surface area is 146 Å². The van der Waals surface area contributed by atoms with Gasteiger partial charge in [-0.3, -0.25) is 9.69 Å². The predicted molar refractivity (Wildman–Crippen MR) is 98.6 cm³/mol. The number of hydrogen-bond donors (Lipinski definition) is 1. The van der Waals surface area contributed by atoms with Crippen molar-refractivity contribution in [2.75, 3.05) is 45.7 Å². The summed E-state index contributed by atoms with van der Waals surface area (Å²) < 4.78 is 5.58. The molecule has 0 spiro atoms. The van der Waals surface area contributed by atoms with E-state index in [4.69, 9.17) is 4.74 Å². The van der Waals surface area contributed by atoms with Crippen LogP contribution in [-0.2, 0) is 4.79 Å². The maximum Gasteiger partial charge on any atom is 0.241 e. The van der Waals surface area contributed by atoms with Crippen molar-refractivity contribution in [2.45, 2.75) is 32.7 Å². The molecule has 1 N–H and O–H groups in total. The van der Waals surface area contributed by atoms with Gasteiger partial charge in [0.15, 0.2) is 0 Å². The first-order valence-corrected chi connectivity index (χ1v) is 8.92. The molecular weight excluding hydrogens is 302 g/mol. The van der Waals surface area contributed by atoms with E-state index in [9.17, 15) is 4.79 Å². The first kappa shape index (κ1) is 18.7. The van der Waals surface area contributed by atoms with Crippen molar-refractivity contribution in [1.29, 1.82) is 0 Å². The quantitative estimate of drug-likeness (QED) is 0.833. The maximum atomic E-state index is 12.6. The van der Waals surface area contributed by atoms with Crippen LogP contribution >= 0.6 is 0 Å². The molecule has 0 aromatic heterocycles. The fourth-order valence-electron chi connectivity index (χ4n) is 3.29. The Morgan fingerprint density at radius 3 is 2.62 bits per heavy atom. The molecule has 1 aliphatic heterocycles. The maximum absolute atomic E-state index is 12.6. The molecule has 1 saturated heterocycles. The lowest BCUT2D eigenvalue weighted by atomic mass is 9.95. The van der Waals surface area contributed by atoms with E-state index in [0.29, 0.717) is 6.61 Å². The van der Waals surface area contributed by atoms with Crippen LogP contribution in [0.4, 0.5) is 5.69 Å². The number of ether oxygens (including phenoxy) is 1. The second kappa shape index (κ2) is 9.04. The summed E-state index contributed by atoms with van der Waals surface area (Å²) in [6.45, 7) is 7.63. The van der Waals surface area contributed by atoms with E-state index in [1.807, 2.05) is 38.1 Å². The lowest BCUT2D eigenvalue weighted by Crippen LogP contribution is -2.47. The third kappa shape index (κ3) is 5.21. The summed E-state index contributed by atoms with van der Waals surface area (Å²) in [5.41, 5.74) is 0.749. The van der Waals surface area contributed by atoms with Gasteiger partial charge in [-0.05, 0) is 71.9 Å². The first-order valence-electron chi connectivity index (χ1n) is 8.92. The summed E-state index contributed by atoms with van der Waals surface area (Å²) in [7, 11) is 4.25. The molecule has 1 amide bonds. The lowest BCUT2D eigenvalue weighted by Gasteiger charge is -2.36. The van der Waals surface area contributed by atoms with Crippen LogP contribution in [0.3, 0.4) is 0 Å². The van der Waals surface area contributed by atoms with Crippen LogP contribution in [0.2, 0.25) is 0 Å². The van der Waals surface area contributed by atoms with E-state index in [2.05, 4.69) is 29.2 Å². The van der Waals surface area contributed by atoms with Gasteiger partial charge in [0.1, 0.15) is 5.75 Å². The van der Waals surface area contributed by atoms with E-state index < -0.39 is 0 Å². The molecule has 0 unspecified atom stereocenters. The Balaban J connectivity index is 1.89. The number of amides is 1. The minimum Gasteiger partial charge on any atom is -0.492 e. The van der Waals surface area contributed by atoms with E-state index in [0.717, 1.165) is 49.8 Å². The Hall–Kier alpha value is -1.59. The first-order chi connectivity index (χ1) is 11.5. The highest BCUT2D eigenvalue weighted by Crippen LogP contribution is 2.25. The van der Waals surface area contributed by atoms with Gasteiger partial charge in [-0.2, -0.15) is 0 Å². The number of carbonyl (C=O) groups is 1. The molecule has 0 radical (unpaired) electrons. The minimum absolute atomic E-state index is 0.0354. The third-order valence-electron chi connectivity index (χ3n) is 4.64. The topological polar surface area (TPSA) is 44.8 Å². The smallest absolute Gasteiger partial charge is 0.241 e. The Morgan fingerprint density at radius 2 is 2.00 bits per heavy atom. The standard InChI is InChI=1S/C19H31N3O2/c1-5-24-18-9-7-6-8-17(18)20-19(23)15(2)22-12-10-16(11-13-22)14-21(3)4/h6-9,15-16H,5,10-14H2,1-4H3,(H,20,23)/t15-/m0/s1. The summed E-state index contributed by atoms with van der Waals surface area (Å²) in [6.07, 6.45) is 2.32. The van der Waals surface area contributed by atoms with Crippen molar-refractivity contribution < 1.29 is 9.53 Å². The summed E-state index contributed by atoms with van der Waals surface area (Å²) in [5.74, 6) is 1.50. The fourth-order valence-corrected chi connectivity index (χ4v) is 3.29. The number of benzene rings is 1. The van der Waals surface area contributed by atoms with Crippen molar-refractivity contribution in [3.05, 3.63) is 24.3 Å². The molecule has 1 atom stereocenters. The number of hydrogen-bond acceptors (Lipinski definition) is 4. The number of nitrogens with zero attached hydrogens (tertiary/aromatic N) is 2. The van der Waals surface area contributed by atoms with E-state index >= 15 is 0 Å². The summed E-state index contributed by atoms with van der Waals surface area (Å²) >= 11 is 0. The number of piperidine rings is 1. The van der Waals surface area contributed by atoms with Crippen LogP contribution < -0.4 is 10.1 Å². The van der Waals surface area contributed by atoms with Crippen molar-refractivity contribution in [3.63, 3.8) is 0 Å². The van der Waals surface area contributed by atoms with Gasteiger partial charge < -0.3 is 15.0 Å². The van der Waals surface area contributed by atoms with Gasteiger partial charge in [-0.15, -0.1) is 0 Å². The van der Waals surface area contributed by atoms with Crippen molar-refractivity contribution >= 4 is 11.6 Å². The van der Waals surface area contributed by atoms with Gasteiger partial charge in [-0.1, -0.05) is 12.1 Å². The molecule has 5 nitrogen and oxygen atoms in total. The summed E-state index contributed by atoms with van der Waals surface area (Å²) in [4.78, 5) is 17.1. The van der Waals surface area contributed by atoms with E-state index in [1.54, 1.807) is 0 Å². The summed E-state index contributed by atoms with van der Waals surface area (Å²) in [6, 6.07) is 7.48. The van der Waals surface area contributed by atoms with Crippen LogP contribution in [0.25, 0.3) is 0 Å². The zero-order valence-electron chi connectivity index (χ0n) is 15.4. The fraction of sp³-hybridized carbons (Fsp3) is 0.632. The number of rotatable bonds is 7. The van der Waals surface area contributed by atoms with Gasteiger partial charge in [0.25, 0.3) is 0 Å². The second-order valence-corrected chi connectivity index (χ2v) is 6.84.